The molecule has 1 aromatic carbocycles. The van der Waals surface area contributed by atoms with E-state index in [0.717, 1.165) is 5.56 Å². The number of methoxy groups -OCH3 is 1. The van der Waals surface area contributed by atoms with Gasteiger partial charge in [0.25, 0.3) is 0 Å². The van der Waals surface area contributed by atoms with Gasteiger partial charge >= 0.3 is 12.1 Å². The van der Waals surface area contributed by atoms with Gasteiger partial charge in [0, 0.05) is 0 Å². The minimum Gasteiger partial charge on any atom is -0.469 e. The lowest BCUT2D eigenvalue weighted by Crippen LogP contribution is -2.69. The van der Waals surface area contributed by atoms with Crippen LogP contribution in [0.5, 0.6) is 0 Å². The third kappa shape index (κ3) is 3.95. The van der Waals surface area contributed by atoms with Crippen molar-refractivity contribution in [1.82, 2.24) is 10.6 Å². The number of alkyl carbamates (subject to hydrolysis) is 1. The lowest BCUT2D eigenvalue weighted by atomic mass is 9.96. The van der Waals surface area contributed by atoms with E-state index in [4.69, 9.17) is 4.74 Å². The number of amides is 2. The fraction of sp³-hybridized carbons (Fsp3) is 0.357. The van der Waals surface area contributed by atoms with Crippen LogP contribution in [0.4, 0.5) is 4.79 Å². The van der Waals surface area contributed by atoms with Gasteiger partial charge in [-0.25, -0.2) is 4.79 Å². The van der Waals surface area contributed by atoms with Crippen molar-refractivity contribution in [1.29, 1.82) is 0 Å². The lowest BCUT2D eigenvalue weighted by Gasteiger charge is -2.35. The van der Waals surface area contributed by atoms with Crippen LogP contribution in [0.1, 0.15) is 12.0 Å². The van der Waals surface area contributed by atoms with Crippen LogP contribution in [-0.4, -0.2) is 37.2 Å². The molecule has 21 heavy (non-hydrogen) atoms. The summed E-state index contributed by atoms with van der Waals surface area (Å²) in [6.45, 7) is 0.114. The second kappa shape index (κ2) is 6.74. The Morgan fingerprint density at radius 2 is 2.00 bits per heavy atom. The maximum atomic E-state index is 11.6. The first-order valence-corrected chi connectivity index (χ1v) is 6.44. The zero-order chi connectivity index (χ0) is 15.2. The van der Waals surface area contributed by atoms with Crippen LogP contribution in [0.25, 0.3) is 0 Å². The summed E-state index contributed by atoms with van der Waals surface area (Å²) in [5, 5.41) is 4.96. The second-order valence-electron chi connectivity index (χ2n) is 4.58. The molecule has 0 aliphatic carbocycles. The minimum absolute atomic E-state index is 0.00583. The van der Waals surface area contributed by atoms with Crippen LogP contribution in [0.2, 0.25) is 0 Å². The number of nitrogens with one attached hydrogen (secondary N) is 2. The van der Waals surface area contributed by atoms with Gasteiger partial charge in [-0.05, 0) is 5.56 Å². The monoisotopic (exact) mass is 292 g/mol. The van der Waals surface area contributed by atoms with E-state index in [9.17, 15) is 14.4 Å². The minimum atomic E-state index is -0.771. The van der Waals surface area contributed by atoms with Crippen molar-refractivity contribution in [3.63, 3.8) is 0 Å². The summed E-state index contributed by atoms with van der Waals surface area (Å²) >= 11 is 0. The summed E-state index contributed by atoms with van der Waals surface area (Å²) in [7, 11) is 1.26. The SMILES string of the molecule is COC(=O)C[C@@H]1NC(=O)[C@@H]1NC(=O)OCc1ccccc1. The summed E-state index contributed by atoms with van der Waals surface area (Å²) in [4.78, 5) is 34.2. The third-order valence-electron chi connectivity index (χ3n) is 3.11. The van der Waals surface area contributed by atoms with Crippen molar-refractivity contribution in [2.75, 3.05) is 7.11 Å². The third-order valence-corrected chi connectivity index (χ3v) is 3.11. The molecule has 1 aromatic rings. The van der Waals surface area contributed by atoms with Gasteiger partial charge in [-0.1, -0.05) is 30.3 Å². The maximum Gasteiger partial charge on any atom is 0.408 e. The maximum absolute atomic E-state index is 11.6. The van der Waals surface area contributed by atoms with Crippen LogP contribution < -0.4 is 10.6 Å². The topological polar surface area (TPSA) is 93.7 Å². The van der Waals surface area contributed by atoms with E-state index >= 15 is 0 Å². The Labute approximate surface area is 121 Å². The highest BCUT2D eigenvalue weighted by molar-refractivity contribution is 5.93. The zero-order valence-corrected chi connectivity index (χ0v) is 11.5. The molecule has 1 fully saturated rings. The van der Waals surface area contributed by atoms with Gasteiger partial charge < -0.3 is 20.1 Å². The molecule has 112 valence electrons. The number of rotatable bonds is 5. The standard InChI is InChI=1S/C14H16N2O5/c1-20-11(17)7-10-12(13(18)15-10)16-14(19)21-8-9-5-3-2-4-6-9/h2-6,10,12H,7-8H2,1H3,(H,15,18)(H,16,19)/t10-,12+/m0/s1. The summed E-state index contributed by atoms with van der Waals surface area (Å²) < 4.78 is 9.53. The first-order chi connectivity index (χ1) is 10.1. The van der Waals surface area contributed by atoms with Crippen molar-refractivity contribution >= 4 is 18.0 Å². The average molecular weight is 292 g/mol. The molecule has 1 aliphatic heterocycles. The molecule has 0 unspecified atom stereocenters. The average Bonchev–Trinajstić information content (AvgIpc) is 2.51. The number of hydrogen-bond acceptors (Lipinski definition) is 5. The van der Waals surface area contributed by atoms with Crippen LogP contribution in [-0.2, 0) is 25.7 Å². The molecule has 7 nitrogen and oxygen atoms in total. The Morgan fingerprint density at radius 1 is 1.29 bits per heavy atom. The molecule has 7 heteroatoms. The fourth-order valence-electron chi connectivity index (χ4n) is 1.93. The summed E-state index contributed by atoms with van der Waals surface area (Å²) in [6.07, 6.45) is -0.695. The predicted molar refractivity (Wildman–Crippen MR) is 72.1 cm³/mol. The van der Waals surface area contributed by atoms with Gasteiger partial charge in [0.15, 0.2) is 0 Å². The smallest absolute Gasteiger partial charge is 0.408 e. The van der Waals surface area contributed by atoms with Crippen LogP contribution in [0.15, 0.2) is 30.3 Å². The molecule has 0 saturated carbocycles. The van der Waals surface area contributed by atoms with Crippen molar-refractivity contribution in [3.05, 3.63) is 35.9 Å². The Balaban J connectivity index is 1.78. The number of carbonyl (C=O) groups excluding carboxylic acids is 3. The van der Waals surface area contributed by atoms with Gasteiger partial charge in [0.05, 0.1) is 19.6 Å². The van der Waals surface area contributed by atoms with Crippen LogP contribution in [0, 0.1) is 0 Å². The molecule has 2 N–H and O–H groups in total. The van der Waals surface area contributed by atoms with Gasteiger partial charge in [-0.15, -0.1) is 0 Å². The first-order valence-electron chi connectivity index (χ1n) is 6.44. The highest BCUT2D eigenvalue weighted by Gasteiger charge is 2.42. The molecule has 0 bridgehead atoms. The van der Waals surface area contributed by atoms with Crippen molar-refractivity contribution < 1.29 is 23.9 Å². The van der Waals surface area contributed by atoms with Crippen molar-refractivity contribution in [2.24, 2.45) is 0 Å². The predicted octanol–water partition coefficient (Wildman–Crippen LogP) is 0.343. The number of ether oxygens (including phenoxy) is 2. The number of benzene rings is 1. The van der Waals surface area contributed by atoms with Crippen molar-refractivity contribution in [3.8, 4) is 0 Å². The van der Waals surface area contributed by atoms with E-state index in [0.29, 0.717) is 0 Å². The van der Waals surface area contributed by atoms with E-state index in [1.54, 1.807) is 0 Å². The quantitative estimate of drug-likeness (QED) is 0.603. The van der Waals surface area contributed by atoms with E-state index in [1.165, 1.54) is 7.11 Å². The summed E-state index contributed by atoms with van der Waals surface area (Å²) in [5.41, 5.74) is 0.844. The fourth-order valence-corrected chi connectivity index (χ4v) is 1.93. The number of carbonyl (C=O) groups is 3. The Bertz CT molecular complexity index is 531. The lowest BCUT2D eigenvalue weighted by molar-refractivity contribution is -0.143. The molecule has 2 amide bonds. The van der Waals surface area contributed by atoms with Gasteiger partial charge in [0.2, 0.25) is 5.91 Å². The summed E-state index contributed by atoms with van der Waals surface area (Å²) in [6, 6.07) is 7.94. The number of esters is 1. The molecule has 1 aliphatic rings. The molecule has 1 saturated heterocycles. The van der Waals surface area contributed by atoms with Crippen LogP contribution >= 0.6 is 0 Å². The number of hydrogen-bond donors (Lipinski definition) is 2. The van der Waals surface area contributed by atoms with Gasteiger partial charge in [0.1, 0.15) is 12.6 Å². The Hall–Kier alpha value is -2.57. The summed E-state index contributed by atoms with van der Waals surface area (Å²) in [5.74, 6) is -0.801. The van der Waals surface area contributed by atoms with E-state index in [1.807, 2.05) is 30.3 Å². The molecule has 0 radical (unpaired) electrons. The normalized spacial score (nSPS) is 20.0. The van der Waals surface area contributed by atoms with Crippen molar-refractivity contribution in [2.45, 2.75) is 25.1 Å². The van der Waals surface area contributed by atoms with Crippen LogP contribution in [0.3, 0.4) is 0 Å². The van der Waals surface area contributed by atoms with E-state index in [2.05, 4.69) is 15.4 Å². The van der Waals surface area contributed by atoms with Gasteiger partial charge in [-0.2, -0.15) is 0 Å². The number of β-lactam (4-membered cyclic amide) rings is 1. The molecule has 2 atom stereocenters. The zero-order valence-electron chi connectivity index (χ0n) is 11.5. The Kier molecular flexibility index (Phi) is 4.76. The van der Waals surface area contributed by atoms with Gasteiger partial charge in [-0.3, -0.25) is 9.59 Å². The molecule has 1 heterocycles. The second-order valence-corrected chi connectivity index (χ2v) is 4.58. The Morgan fingerprint density at radius 3 is 2.62 bits per heavy atom. The molecular formula is C14H16N2O5. The highest BCUT2D eigenvalue weighted by atomic mass is 16.5. The molecule has 2 rings (SSSR count). The van der Waals surface area contributed by atoms with E-state index in [-0.39, 0.29) is 18.9 Å². The largest absolute Gasteiger partial charge is 0.469 e. The highest BCUT2D eigenvalue weighted by Crippen LogP contribution is 2.11. The first kappa shape index (κ1) is 14.8. The molecule has 0 aromatic heterocycles. The van der Waals surface area contributed by atoms with E-state index < -0.39 is 24.1 Å². The molecular weight excluding hydrogens is 276 g/mol. The molecule has 0 spiro atoms.